The molecule has 2 nitrogen and oxygen atoms in total. The largest absolute Gasteiger partial charge is 0.370 e. The monoisotopic (exact) mass is 322 g/mol. The molecule has 0 saturated heterocycles. The first-order chi connectivity index (χ1) is 10.1. The molecule has 2 rings (SSSR count). The maximum atomic E-state index is 6.46. The van der Waals surface area contributed by atoms with Crippen LogP contribution in [-0.4, -0.2) is 13.6 Å². The van der Waals surface area contributed by atoms with Crippen molar-refractivity contribution in [2.75, 3.05) is 18.5 Å². The van der Waals surface area contributed by atoms with Crippen molar-refractivity contribution < 1.29 is 0 Å². The van der Waals surface area contributed by atoms with Gasteiger partial charge in [0.1, 0.15) is 0 Å². The van der Waals surface area contributed by atoms with Gasteiger partial charge in [0.05, 0.1) is 0 Å². The zero-order chi connectivity index (χ0) is 15.2. The van der Waals surface area contributed by atoms with Gasteiger partial charge in [0, 0.05) is 30.3 Å². The van der Waals surface area contributed by atoms with Gasteiger partial charge in [-0.3, -0.25) is 0 Å². The second-order valence-electron chi connectivity index (χ2n) is 5.37. The smallest absolute Gasteiger partial charge is 0.0474 e. The highest BCUT2D eigenvalue weighted by Gasteiger charge is 2.11. The molecule has 0 saturated carbocycles. The SMILES string of the molecule is CCCNC(C)c1ccc(N(C)Cc2ccsc2)cc1Cl. The zero-order valence-electron chi connectivity index (χ0n) is 12.9. The molecule has 2 aromatic rings. The number of anilines is 1. The fourth-order valence-electron chi connectivity index (χ4n) is 2.32. The average molecular weight is 323 g/mol. The highest BCUT2D eigenvalue weighted by Crippen LogP contribution is 2.28. The summed E-state index contributed by atoms with van der Waals surface area (Å²) < 4.78 is 0. The molecule has 4 heteroatoms. The number of halogens is 1. The van der Waals surface area contributed by atoms with Gasteiger partial charge in [0.15, 0.2) is 0 Å². The lowest BCUT2D eigenvalue weighted by molar-refractivity contribution is 0.571. The fraction of sp³-hybridized carbons (Fsp3) is 0.412. The van der Waals surface area contributed by atoms with E-state index in [4.69, 9.17) is 11.6 Å². The Labute approximate surface area is 136 Å². The summed E-state index contributed by atoms with van der Waals surface area (Å²) in [6.07, 6.45) is 1.13. The second-order valence-corrected chi connectivity index (χ2v) is 6.56. The van der Waals surface area contributed by atoms with E-state index in [1.54, 1.807) is 11.3 Å². The van der Waals surface area contributed by atoms with Crippen LogP contribution in [0, 0.1) is 0 Å². The Kier molecular flexibility index (Phi) is 6.09. The summed E-state index contributed by atoms with van der Waals surface area (Å²) in [5.74, 6) is 0. The Balaban J connectivity index is 2.07. The normalized spacial score (nSPS) is 12.4. The summed E-state index contributed by atoms with van der Waals surface area (Å²) in [5.41, 5.74) is 3.65. The fourth-order valence-corrected chi connectivity index (χ4v) is 3.32. The van der Waals surface area contributed by atoms with Crippen LogP contribution < -0.4 is 10.2 Å². The third kappa shape index (κ3) is 4.47. The van der Waals surface area contributed by atoms with Gasteiger partial charge in [0.25, 0.3) is 0 Å². The van der Waals surface area contributed by atoms with Gasteiger partial charge in [-0.05, 0) is 60.0 Å². The molecule has 21 heavy (non-hydrogen) atoms. The first-order valence-corrected chi connectivity index (χ1v) is 8.69. The predicted octanol–water partition coefficient (Wildman–Crippen LogP) is 5.10. The number of hydrogen-bond donors (Lipinski definition) is 1. The quantitative estimate of drug-likeness (QED) is 0.763. The van der Waals surface area contributed by atoms with Gasteiger partial charge in [-0.2, -0.15) is 11.3 Å². The van der Waals surface area contributed by atoms with Gasteiger partial charge < -0.3 is 10.2 Å². The Morgan fingerprint density at radius 3 is 2.76 bits per heavy atom. The molecule has 1 N–H and O–H groups in total. The molecule has 0 fully saturated rings. The minimum Gasteiger partial charge on any atom is -0.370 e. The summed E-state index contributed by atoms with van der Waals surface area (Å²) >= 11 is 8.20. The van der Waals surface area contributed by atoms with Gasteiger partial charge in [-0.15, -0.1) is 0 Å². The van der Waals surface area contributed by atoms with E-state index < -0.39 is 0 Å². The molecule has 0 aliphatic heterocycles. The molecule has 0 aliphatic carbocycles. The van der Waals surface area contributed by atoms with E-state index in [0.717, 1.165) is 35.8 Å². The molecule has 1 atom stereocenters. The van der Waals surface area contributed by atoms with E-state index in [1.807, 2.05) is 0 Å². The minimum atomic E-state index is 0.286. The van der Waals surface area contributed by atoms with Crippen LogP contribution in [0.5, 0.6) is 0 Å². The van der Waals surface area contributed by atoms with E-state index >= 15 is 0 Å². The summed E-state index contributed by atoms with van der Waals surface area (Å²) in [6.45, 7) is 6.25. The Bertz CT molecular complexity index is 554. The van der Waals surface area contributed by atoms with Crippen LogP contribution in [0.15, 0.2) is 35.0 Å². The molecule has 1 aromatic carbocycles. The van der Waals surface area contributed by atoms with E-state index in [1.165, 1.54) is 5.56 Å². The van der Waals surface area contributed by atoms with Crippen molar-refractivity contribution in [3.05, 3.63) is 51.2 Å². The van der Waals surface area contributed by atoms with Crippen molar-refractivity contribution in [1.29, 1.82) is 0 Å². The molecule has 0 radical (unpaired) electrons. The van der Waals surface area contributed by atoms with Crippen LogP contribution in [0.4, 0.5) is 5.69 Å². The highest BCUT2D eigenvalue weighted by atomic mass is 35.5. The number of thiophene rings is 1. The van der Waals surface area contributed by atoms with E-state index in [-0.39, 0.29) is 6.04 Å². The summed E-state index contributed by atoms with van der Waals surface area (Å²) in [6, 6.07) is 8.79. The molecule has 114 valence electrons. The highest BCUT2D eigenvalue weighted by molar-refractivity contribution is 7.07. The van der Waals surface area contributed by atoms with Crippen molar-refractivity contribution in [1.82, 2.24) is 5.32 Å². The van der Waals surface area contributed by atoms with Gasteiger partial charge in [0.2, 0.25) is 0 Å². The summed E-state index contributed by atoms with van der Waals surface area (Å²) in [4.78, 5) is 2.22. The molecule has 1 aromatic heterocycles. The number of nitrogens with one attached hydrogen (secondary N) is 1. The topological polar surface area (TPSA) is 15.3 Å². The molecular formula is C17H23ClN2S. The maximum Gasteiger partial charge on any atom is 0.0474 e. The number of benzene rings is 1. The van der Waals surface area contributed by atoms with Gasteiger partial charge >= 0.3 is 0 Å². The van der Waals surface area contributed by atoms with Crippen molar-refractivity contribution >= 4 is 28.6 Å². The van der Waals surface area contributed by atoms with Crippen molar-refractivity contribution in [3.8, 4) is 0 Å². The summed E-state index contributed by atoms with van der Waals surface area (Å²) in [7, 11) is 2.10. The molecule has 0 amide bonds. The van der Waals surface area contributed by atoms with Crippen molar-refractivity contribution in [2.45, 2.75) is 32.9 Å². The van der Waals surface area contributed by atoms with Crippen LogP contribution in [0.1, 0.15) is 37.4 Å². The van der Waals surface area contributed by atoms with Crippen LogP contribution in [-0.2, 0) is 6.54 Å². The van der Waals surface area contributed by atoms with E-state index in [2.05, 4.69) is 66.1 Å². The predicted molar refractivity (Wildman–Crippen MR) is 94.6 cm³/mol. The Hall–Kier alpha value is -1.03. The number of nitrogens with zero attached hydrogens (tertiary/aromatic N) is 1. The van der Waals surface area contributed by atoms with Gasteiger partial charge in [-0.1, -0.05) is 24.6 Å². The van der Waals surface area contributed by atoms with Crippen molar-refractivity contribution in [2.24, 2.45) is 0 Å². The second kappa shape index (κ2) is 7.83. The number of rotatable bonds is 7. The number of hydrogen-bond acceptors (Lipinski definition) is 3. The van der Waals surface area contributed by atoms with Gasteiger partial charge in [-0.25, -0.2) is 0 Å². The standard InChI is InChI=1S/C17H23ClN2S/c1-4-8-19-13(2)16-6-5-15(10-17(16)18)20(3)11-14-7-9-21-12-14/h5-7,9-10,12-13,19H,4,8,11H2,1-3H3. The third-order valence-electron chi connectivity index (χ3n) is 3.59. The molecule has 0 bridgehead atoms. The lowest BCUT2D eigenvalue weighted by atomic mass is 10.1. The Morgan fingerprint density at radius 2 is 2.14 bits per heavy atom. The Morgan fingerprint density at radius 1 is 1.33 bits per heavy atom. The van der Waals surface area contributed by atoms with Crippen LogP contribution in [0.3, 0.4) is 0 Å². The molecule has 0 aliphatic rings. The minimum absolute atomic E-state index is 0.286. The first kappa shape index (κ1) is 16.3. The lowest BCUT2D eigenvalue weighted by Gasteiger charge is -2.21. The summed E-state index contributed by atoms with van der Waals surface area (Å²) in [5, 5.41) is 8.61. The van der Waals surface area contributed by atoms with E-state index in [0.29, 0.717) is 0 Å². The van der Waals surface area contributed by atoms with Crippen LogP contribution in [0.25, 0.3) is 0 Å². The van der Waals surface area contributed by atoms with E-state index in [9.17, 15) is 0 Å². The molecule has 1 heterocycles. The van der Waals surface area contributed by atoms with Crippen LogP contribution in [0.2, 0.25) is 5.02 Å². The average Bonchev–Trinajstić information content (AvgIpc) is 2.97. The zero-order valence-corrected chi connectivity index (χ0v) is 14.5. The van der Waals surface area contributed by atoms with Crippen LogP contribution >= 0.6 is 22.9 Å². The first-order valence-electron chi connectivity index (χ1n) is 7.37. The molecule has 0 spiro atoms. The van der Waals surface area contributed by atoms with Crippen molar-refractivity contribution in [3.63, 3.8) is 0 Å². The molecular weight excluding hydrogens is 300 g/mol. The third-order valence-corrected chi connectivity index (χ3v) is 4.65. The maximum absolute atomic E-state index is 6.46. The molecule has 1 unspecified atom stereocenters. The lowest BCUT2D eigenvalue weighted by Crippen LogP contribution is -2.20.